The highest BCUT2D eigenvalue weighted by Gasteiger charge is 2.09. The third-order valence-electron chi connectivity index (χ3n) is 2.97. The Bertz CT molecular complexity index is 877. The van der Waals surface area contributed by atoms with Crippen molar-refractivity contribution >= 4 is 62.5 Å². The van der Waals surface area contributed by atoms with Gasteiger partial charge in [-0.05, 0) is 108 Å². The van der Waals surface area contributed by atoms with Gasteiger partial charge in [-0.3, -0.25) is 14.4 Å². The summed E-state index contributed by atoms with van der Waals surface area (Å²) in [6, 6.07) is 8.72. The van der Waals surface area contributed by atoms with E-state index in [0.29, 0.717) is 0 Å². The molecule has 0 fully saturated rings. The molecule has 26 heavy (non-hydrogen) atoms. The van der Waals surface area contributed by atoms with Crippen LogP contribution in [0, 0.1) is 18.8 Å². The van der Waals surface area contributed by atoms with Crippen LogP contribution in [-0.4, -0.2) is 17.3 Å². The highest BCUT2D eigenvalue weighted by Crippen LogP contribution is 2.14. The van der Waals surface area contributed by atoms with Crippen molar-refractivity contribution in [3.05, 3.63) is 78.5 Å². The SMILES string of the molecule is CC(=O)/C=C/C(=O)c1cc(I)ccc1F.CC(=O)c1cc(I)ccc1F. The van der Waals surface area contributed by atoms with Crippen molar-refractivity contribution in [2.24, 2.45) is 0 Å². The highest BCUT2D eigenvalue weighted by molar-refractivity contribution is 14.1. The molecular weight excluding hydrogens is 568 g/mol. The molecular formula is C19H14F2I2O3. The van der Waals surface area contributed by atoms with E-state index in [2.05, 4.69) is 0 Å². The average molecular weight is 582 g/mol. The first-order valence-electron chi connectivity index (χ1n) is 7.26. The van der Waals surface area contributed by atoms with Gasteiger partial charge in [0.05, 0.1) is 11.1 Å². The molecule has 0 aliphatic heterocycles. The molecule has 0 radical (unpaired) electrons. The molecule has 0 heterocycles. The topological polar surface area (TPSA) is 51.2 Å². The number of carbonyl (C=O) groups is 3. The number of hydrogen-bond donors (Lipinski definition) is 0. The van der Waals surface area contributed by atoms with Gasteiger partial charge in [0.15, 0.2) is 17.3 Å². The second-order valence-corrected chi connectivity index (χ2v) is 7.60. The Morgan fingerprint density at radius 1 is 0.808 bits per heavy atom. The van der Waals surface area contributed by atoms with Crippen LogP contribution in [0.25, 0.3) is 0 Å². The molecule has 0 N–H and O–H groups in total. The third kappa shape index (κ3) is 7.40. The lowest BCUT2D eigenvalue weighted by molar-refractivity contribution is -0.112. The second kappa shape index (κ2) is 10.6. The predicted octanol–water partition coefficient (Wildman–Crippen LogP) is 5.39. The average Bonchev–Trinajstić information content (AvgIpc) is 2.57. The van der Waals surface area contributed by atoms with Crippen LogP contribution in [0.2, 0.25) is 0 Å². The van der Waals surface area contributed by atoms with Gasteiger partial charge in [-0.15, -0.1) is 0 Å². The van der Waals surface area contributed by atoms with Gasteiger partial charge >= 0.3 is 0 Å². The van der Waals surface area contributed by atoms with Crippen LogP contribution < -0.4 is 0 Å². The van der Waals surface area contributed by atoms with E-state index >= 15 is 0 Å². The summed E-state index contributed by atoms with van der Waals surface area (Å²) in [7, 11) is 0. The molecule has 0 saturated carbocycles. The van der Waals surface area contributed by atoms with Crippen LogP contribution in [0.4, 0.5) is 8.78 Å². The van der Waals surface area contributed by atoms with E-state index in [0.717, 1.165) is 19.3 Å². The van der Waals surface area contributed by atoms with E-state index in [9.17, 15) is 23.2 Å². The van der Waals surface area contributed by atoms with E-state index in [1.807, 2.05) is 45.2 Å². The van der Waals surface area contributed by atoms with E-state index in [-0.39, 0.29) is 22.7 Å². The monoisotopic (exact) mass is 582 g/mol. The standard InChI is InChI=1S/C11H8FIO2.C8H6FIO/c1-7(14)2-5-11(15)9-6-8(13)3-4-10(9)12;1-5(11)7-4-6(10)2-3-8(7)9/h2-6H,1H3;2-4H,1H3/b5-2+;. The number of hydrogen-bond acceptors (Lipinski definition) is 3. The van der Waals surface area contributed by atoms with E-state index in [1.54, 1.807) is 12.1 Å². The van der Waals surface area contributed by atoms with Crippen molar-refractivity contribution in [1.82, 2.24) is 0 Å². The normalized spacial score (nSPS) is 10.2. The van der Waals surface area contributed by atoms with E-state index < -0.39 is 17.4 Å². The molecule has 2 rings (SSSR count). The molecule has 7 heteroatoms. The van der Waals surface area contributed by atoms with Crippen LogP contribution in [-0.2, 0) is 4.79 Å². The van der Waals surface area contributed by atoms with Crippen LogP contribution in [0.15, 0.2) is 48.6 Å². The summed E-state index contributed by atoms with van der Waals surface area (Å²) in [5, 5.41) is 0. The van der Waals surface area contributed by atoms with Gasteiger partial charge in [0.25, 0.3) is 0 Å². The lowest BCUT2D eigenvalue weighted by Gasteiger charge is -1.98. The Hall–Kier alpha value is -1.49. The first kappa shape index (κ1) is 22.6. The fourth-order valence-corrected chi connectivity index (χ4v) is 2.72. The minimum Gasteiger partial charge on any atom is -0.295 e. The summed E-state index contributed by atoms with van der Waals surface area (Å²) in [5.41, 5.74) is 0.149. The minimum absolute atomic E-state index is 0.0144. The van der Waals surface area contributed by atoms with E-state index in [1.165, 1.54) is 38.1 Å². The van der Waals surface area contributed by atoms with Crippen LogP contribution in [0.5, 0.6) is 0 Å². The Labute approximate surface area is 177 Å². The zero-order valence-corrected chi connectivity index (χ0v) is 18.2. The van der Waals surface area contributed by atoms with Crippen molar-refractivity contribution < 1.29 is 23.2 Å². The Kier molecular flexibility index (Phi) is 9.20. The molecule has 0 atom stereocenters. The third-order valence-corrected chi connectivity index (χ3v) is 4.31. The first-order chi connectivity index (χ1) is 12.1. The molecule has 0 unspecified atom stereocenters. The molecule has 0 spiro atoms. The first-order valence-corrected chi connectivity index (χ1v) is 9.41. The molecule has 3 nitrogen and oxygen atoms in total. The maximum atomic E-state index is 13.2. The van der Waals surface area contributed by atoms with Gasteiger partial charge in [0, 0.05) is 7.14 Å². The number of ketones is 3. The number of carbonyl (C=O) groups excluding carboxylic acids is 3. The Morgan fingerprint density at radius 3 is 1.69 bits per heavy atom. The lowest BCUT2D eigenvalue weighted by atomic mass is 10.1. The number of halogens is 4. The van der Waals surface area contributed by atoms with Gasteiger partial charge in [-0.2, -0.15) is 0 Å². The zero-order chi connectivity index (χ0) is 19.9. The van der Waals surface area contributed by atoms with Crippen LogP contribution in [0.1, 0.15) is 34.6 Å². The lowest BCUT2D eigenvalue weighted by Crippen LogP contribution is -2.00. The maximum absolute atomic E-state index is 13.2. The summed E-state index contributed by atoms with van der Waals surface area (Å²) in [6.45, 7) is 2.68. The molecule has 0 aromatic heterocycles. The van der Waals surface area contributed by atoms with Gasteiger partial charge in [-0.1, -0.05) is 0 Å². The van der Waals surface area contributed by atoms with Crippen molar-refractivity contribution in [1.29, 1.82) is 0 Å². The fraction of sp³-hybridized carbons (Fsp3) is 0.105. The molecule has 2 aromatic carbocycles. The molecule has 2 aromatic rings. The van der Waals surface area contributed by atoms with Gasteiger partial charge in [0.1, 0.15) is 11.6 Å². The number of Topliss-reactive ketones (excluding diaryl/α,β-unsaturated/α-hetero) is 1. The highest BCUT2D eigenvalue weighted by atomic mass is 127. The molecule has 0 bridgehead atoms. The Balaban J connectivity index is 0.000000273. The van der Waals surface area contributed by atoms with Gasteiger partial charge < -0.3 is 0 Å². The quantitative estimate of drug-likeness (QED) is 0.276. The van der Waals surface area contributed by atoms with Crippen molar-refractivity contribution in [3.8, 4) is 0 Å². The summed E-state index contributed by atoms with van der Waals surface area (Å²) >= 11 is 4.02. The summed E-state index contributed by atoms with van der Waals surface area (Å²) in [6.07, 6.45) is 2.21. The molecule has 0 aliphatic rings. The maximum Gasteiger partial charge on any atom is 0.188 e. The van der Waals surface area contributed by atoms with Crippen LogP contribution in [0.3, 0.4) is 0 Å². The number of allylic oxidation sites excluding steroid dienone is 2. The fourth-order valence-electron chi connectivity index (χ4n) is 1.74. The molecule has 0 saturated heterocycles. The summed E-state index contributed by atoms with van der Waals surface area (Å²) in [5.74, 6) is -2.00. The number of benzene rings is 2. The minimum atomic E-state index is -0.575. The molecule has 0 amide bonds. The van der Waals surface area contributed by atoms with Crippen LogP contribution >= 0.6 is 45.2 Å². The van der Waals surface area contributed by atoms with Gasteiger partial charge in [-0.25, -0.2) is 8.78 Å². The Morgan fingerprint density at radius 2 is 1.27 bits per heavy atom. The molecule has 0 aliphatic carbocycles. The van der Waals surface area contributed by atoms with Crippen molar-refractivity contribution in [3.63, 3.8) is 0 Å². The zero-order valence-electron chi connectivity index (χ0n) is 13.9. The van der Waals surface area contributed by atoms with Crippen molar-refractivity contribution in [2.45, 2.75) is 13.8 Å². The number of rotatable bonds is 4. The predicted molar refractivity (Wildman–Crippen MR) is 112 cm³/mol. The van der Waals surface area contributed by atoms with Crippen molar-refractivity contribution in [2.75, 3.05) is 0 Å². The van der Waals surface area contributed by atoms with Gasteiger partial charge in [0.2, 0.25) is 0 Å². The second-order valence-electron chi connectivity index (χ2n) is 5.11. The molecule has 136 valence electrons. The summed E-state index contributed by atoms with van der Waals surface area (Å²) in [4.78, 5) is 32.8. The largest absolute Gasteiger partial charge is 0.295 e. The smallest absolute Gasteiger partial charge is 0.188 e. The van der Waals surface area contributed by atoms with E-state index in [4.69, 9.17) is 0 Å². The summed E-state index contributed by atoms with van der Waals surface area (Å²) < 4.78 is 27.6.